The van der Waals surface area contributed by atoms with E-state index in [1.165, 1.54) is 43.3 Å². The first-order chi connectivity index (χ1) is 10.3. The molecule has 0 radical (unpaired) electrons. The van der Waals surface area contributed by atoms with Crippen LogP contribution < -0.4 is 0 Å². The molecule has 0 heterocycles. The molecule has 6 atom stereocenters. The van der Waals surface area contributed by atoms with Crippen molar-refractivity contribution in [2.75, 3.05) is 0 Å². The van der Waals surface area contributed by atoms with Crippen LogP contribution in [0.1, 0.15) is 66.2 Å². The molecule has 2 saturated carbocycles. The van der Waals surface area contributed by atoms with E-state index in [0.717, 1.165) is 24.2 Å². The Morgan fingerprint density at radius 2 is 1.91 bits per heavy atom. The molecule has 0 saturated heterocycles. The second-order valence-corrected chi connectivity index (χ2v) is 9.21. The lowest BCUT2D eigenvalue weighted by atomic mass is 9.48. The summed E-state index contributed by atoms with van der Waals surface area (Å²) in [4.78, 5) is 12.2. The van der Waals surface area contributed by atoms with E-state index < -0.39 is 0 Å². The smallest absolute Gasteiger partial charge is 0.158 e. The van der Waals surface area contributed by atoms with Gasteiger partial charge in [0.1, 0.15) is 0 Å². The Labute approximate surface area is 135 Å². The van der Waals surface area contributed by atoms with E-state index in [4.69, 9.17) is 0 Å². The van der Waals surface area contributed by atoms with Crippen LogP contribution in [0.3, 0.4) is 0 Å². The predicted molar refractivity (Wildman–Crippen MR) is 90.4 cm³/mol. The molecule has 0 unspecified atom stereocenters. The molecule has 0 amide bonds. The van der Waals surface area contributed by atoms with Gasteiger partial charge in [0.15, 0.2) is 5.78 Å². The maximum Gasteiger partial charge on any atom is 0.158 e. The van der Waals surface area contributed by atoms with Gasteiger partial charge in [-0.1, -0.05) is 38.8 Å². The average Bonchev–Trinajstić information content (AvgIpc) is 2.84. The third kappa shape index (κ3) is 1.80. The highest BCUT2D eigenvalue weighted by atomic mass is 16.1. The highest BCUT2D eigenvalue weighted by Crippen LogP contribution is 2.64. The molecule has 0 aliphatic heterocycles. The third-order valence-electron chi connectivity index (χ3n) is 7.92. The maximum absolute atomic E-state index is 12.2. The quantitative estimate of drug-likeness (QED) is 0.591. The number of allylic oxidation sites excluding steroid dienone is 4. The highest BCUT2D eigenvalue weighted by Gasteiger charge is 2.56. The molecule has 0 aromatic carbocycles. The first-order valence-corrected chi connectivity index (χ1v) is 9.30. The average molecular weight is 298 g/mol. The summed E-state index contributed by atoms with van der Waals surface area (Å²) in [6.07, 6.45) is 12.7. The third-order valence-corrected chi connectivity index (χ3v) is 7.92. The normalized spacial score (nSPS) is 50.6. The number of ketones is 1. The van der Waals surface area contributed by atoms with Crippen molar-refractivity contribution < 1.29 is 4.79 Å². The molecule has 0 aromatic heterocycles. The summed E-state index contributed by atoms with van der Waals surface area (Å²) in [5, 5.41) is 0. The zero-order chi connectivity index (χ0) is 15.7. The van der Waals surface area contributed by atoms with Gasteiger partial charge in [0.2, 0.25) is 0 Å². The van der Waals surface area contributed by atoms with Crippen LogP contribution in [0.25, 0.3) is 0 Å². The molecule has 0 bridgehead atoms. The zero-order valence-electron chi connectivity index (χ0n) is 14.6. The molecule has 22 heavy (non-hydrogen) atoms. The van der Waals surface area contributed by atoms with Crippen molar-refractivity contribution in [2.24, 2.45) is 34.5 Å². The van der Waals surface area contributed by atoms with Crippen molar-refractivity contribution in [3.05, 3.63) is 23.3 Å². The summed E-state index contributed by atoms with van der Waals surface area (Å²) < 4.78 is 0. The van der Waals surface area contributed by atoms with Gasteiger partial charge in [0.05, 0.1) is 0 Å². The van der Waals surface area contributed by atoms with E-state index in [2.05, 4.69) is 33.8 Å². The lowest BCUT2D eigenvalue weighted by molar-refractivity contribution is -0.120. The highest BCUT2D eigenvalue weighted by molar-refractivity contribution is 5.94. The zero-order valence-corrected chi connectivity index (χ0v) is 14.6. The van der Waals surface area contributed by atoms with Crippen LogP contribution in [0.2, 0.25) is 0 Å². The summed E-state index contributed by atoms with van der Waals surface area (Å²) in [5.74, 6) is 2.95. The fourth-order valence-corrected chi connectivity index (χ4v) is 6.75. The van der Waals surface area contributed by atoms with E-state index in [0.29, 0.717) is 11.2 Å². The second kappa shape index (κ2) is 4.58. The van der Waals surface area contributed by atoms with Crippen molar-refractivity contribution in [1.82, 2.24) is 0 Å². The summed E-state index contributed by atoms with van der Waals surface area (Å²) in [6, 6.07) is 0. The predicted octanol–water partition coefficient (Wildman–Crippen LogP) is 5.32. The Morgan fingerprint density at radius 1 is 1.14 bits per heavy atom. The standard InChI is InChI=1S/C21H30O/c1-13-10-15-16-6-5-8-20(16,3)9-7-17(15)21(4)12-14(2)19(22)11-18(13)21/h10-11,14-17H,5-9,12H2,1-4H3/t14-,15+,16+,17+,20+,21-/m1/s1. The maximum atomic E-state index is 12.2. The molecule has 2 fully saturated rings. The molecule has 4 aliphatic carbocycles. The summed E-state index contributed by atoms with van der Waals surface area (Å²) in [5.41, 5.74) is 3.60. The molecule has 1 heteroatoms. The molecule has 0 aromatic rings. The fourth-order valence-electron chi connectivity index (χ4n) is 6.75. The molecular formula is C21H30O. The molecule has 0 spiro atoms. The SMILES string of the molecule is CC1=C[C@H]2[C@@H]3CCC[C@@]3(C)CC[C@@H]2[C@@]2(C)C[C@@H](C)C(=O)C=C12. The van der Waals surface area contributed by atoms with Crippen molar-refractivity contribution in [1.29, 1.82) is 0 Å². The summed E-state index contributed by atoms with van der Waals surface area (Å²) in [6.45, 7) is 9.40. The first kappa shape index (κ1) is 14.7. The largest absolute Gasteiger partial charge is 0.295 e. The van der Waals surface area contributed by atoms with Crippen LogP contribution in [0.4, 0.5) is 0 Å². The number of fused-ring (bicyclic) bond motifs is 5. The summed E-state index contributed by atoms with van der Waals surface area (Å²) >= 11 is 0. The van der Waals surface area contributed by atoms with Gasteiger partial charge in [0, 0.05) is 5.92 Å². The van der Waals surface area contributed by atoms with E-state index in [1.54, 1.807) is 0 Å². The van der Waals surface area contributed by atoms with E-state index in [9.17, 15) is 4.79 Å². The van der Waals surface area contributed by atoms with Gasteiger partial charge in [-0.05, 0) is 79.3 Å². The Hall–Kier alpha value is -0.850. The van der Waals surface area contributed by atoms with E-state index >= 15 is 0 Å². The Kier molecular flexibility index (Phi) is 3.07. The van der Waals surface area contributed by atoms with Gasteiger partial charge in [-0.25, -0.2) is 0 Å². The minimum Gasteiger partial charge on any atom is -0.295 e. The van der Waals surface area contributed by atoms with Crippen molar-refractivity contribution in [3.63, 3.8) is 0 Å². The van der Waals surface area contributed by atoms with Gasteiger partial charge < -0.3 is 0 Å². The molecule has 120 valence electrons. The van der Waals surface area contributed by atoms with Crippen LogP contribution in [-0.4, -0.2) is 5.78 Å². The monoisotopic (exact) mass is 298 g/mol. The topological polar surface area (TPSA) is 17.1 Å². The Bertz CT molecular complexity index is 583. The number of carbonyl (C=O) groups excluding carboxylic acids is 1. The minimum atomic E-state index is 0.206. The number of hydrogen-bond acceptors (Lipinski definition) is 1. The van der Waals surface area contributed by atoms with Gasteiger partial charge in [-0.2, -0.15) is 0 Å². The van der Waals surface area contributed by atoms with Gasteiger partial charge >= 0.3 is 0 Å². The van der Waals surface area contributed by atoms with Crippen molar-refractivity contribution in [2.45, 2.75) is 66.2 Å². The number of rotatable bonds is 0. The van der Waals surface area contributed by atoms with Gasteiger partial charge in [-0.15, -0.1) is 0 Å². The van der Waals surface area contributed by atoms with Crippen LogP contribution in [0.5, 0.6) is 0 Å². The molecule has 4 aliphatic rings. The first-order valence-electron chi connectivity index (χ1n) is 9.30. The molecule has 0 N–H and O–H groups in total. The van der Waals surface area contributed by atoms with Crippen LogP contribution in [0.15, 0.2) is 23.3 Å². The Morgan fingerprint density at radius 3 is 2.68 bits per heavy atom. The van der Waals surface area contributed by atoms with Gasteiger partial charge in [-0.3, -0.25) is 4.79 Å². The van der Waals surface area contributed by atoms with Crippen LogP contribution in [0, 0.1) is 34.5 Å². The fraction of sp³-hybridized carbons (Fsp3) is 0.762. The van der Waals surface area contributed by atoms with Crippen molar-refractivity contribution >= 4 is 5.78 Å². The lowest BCUT2D eigenvalue weighted by Gasteiger charge is -2.56. The van der Waals surface area contributed by atoms with Crippen molar-refractivity contribution in [3.8, 4) is 0 Å². The summed E-state index contributed by atoms with van der Waals surface area (Å²) in [7, 11) is 0. The van der Waals surface area contributed by atoms with Crippen LogP contribution >= 0.6 is 0 Å². The second-order valence-electron chi connectivity index (χ2n) is 9.21. The minimum absolute atomic E-state index is 0.206. The molecular weight excluding hydrogens is 268 g/mol. The van der Waals surface area contributed by atoms with E-state index in [1.807, 2.05) is 6.08 Å². The Balaban J connectivity index is 1.81. The number of hydrogen-bond donors (Lipinski definition) is 0. The van der Waals surface area contributed by atoms with E-state index in [-0.39, 0.29) is 11.3 Å². The number of carbonyl (C=O) groups is 1. The van der Waals surface area contributed by atoms with Crippen LogP contribution in [-0.2, 0) is 4.79 Å². The molecule has 4 rings (SSSR count). The van der Waals surface area contributed by atoms with Gasteiger partial charge in [0.25, 0.3) is 0 Å². The molecule has 1 nitrogen and oxygen atoms in total. The lowest BCUT2D eigenvalue weighted by Crippen LogP contribution is -2.49.